The number of aryl methyl sites for hydroxylation is 1. The molecular formula is C16H17Cl2N5O2. The van der Waals surface area contributed by atoms with Crippen LogP contribution in [0.4, 0.5) is 5.82 Å². The SMILES string of the molecule is Cc1c([C@H]2OCC[C@@H]2N)c(Cl)n2nc(Cl)nc(NCc3ccco3)c12. The van der Waals surface area contributed by atoms with Crippen LogP contribution in [0, 0.1) is 6.92 Å². The van der Waals surface area contributed by atoms with Crippen LogP contribution in [-0.2, 0) is 11.3 Å². The molecule has 3 aromatic heterocycles. The summed E-state index contributed by atoms with van der Waals surface area (Å²) in [4.78, 5) is 4.31. The van der Waals surface area contributed by atoms with Gasteiger partial charge in [-0.1, -0.05) is 11.6 Å². The maximum absolute atomic E-state index is 6.58. The number of ether oxygens (including phenoxy) is 1. The van der Waals surface area contributed by atoms with Crippen LogP contribution in [-0.4, -0.2) is 27.2 Å². The molecule has 25 heavy (non-hydrogen) atoms. The zero-order valence-corrected chi connectivity index (χ0v) is 15.0. The van der Waals surface area contributed by atoms with Crippen LogP contribution < -0.4 is 11.1 Å². The molecule has 0 amide bonds. The van der Waals surface area contributed by atoms with E-state index in [1.807, 2.05) is 19.1 Å². The Balaban J connectivity index is 1.80. The van der Waals surface area contributed by atoms with E-state index >= 15 is 0 Å². The molecule has 0 unspecified atom stereocenters. The Labute approximate surface area is 154 Å². The van der Waals surface area contributed by atoms with Crippen LogP contribution in [0.5, 0.6) is 0 Å². The molecule has 4 rings (SSSR count). The smallest absolute Gasteiger partial charge is 0.243 e. The summed E-state index contributed by atoms with van der Waals surface area (Å²) in [6.07, 6.45) is 2.16. The van der Waals surface area contributed by atoms with Gasteiger partial charge in [-0.3, -0.25) is 0 Å². The highest BCUT2D eigenvalue weighted by Crippen LogP contribution is 2.39. The molecule has 0 aliphatic carbocycles. The van der Waals surface area contributed by atoms with Crippen LogP contribution in [0.25, 0.3) is 5.52 Å². The minimum absolute atomic E-state index is 0.0922. The first kappa shape index (κ1) is 16.7. The summed E-state index contributed by atoms with van der Waals surface area (Å²) in [5, 5.41) is 8.01. The van der Waals surface area contributed by atoms with Crippen molar-refractivity contribution in [2.75, 3.05) is 11.9 Å². The average Bonchev–Trinajstić information content (AvgIpc) is 3.28. The summed E-state index contributed by atoms with van der Waals surface area (Å²) >= 11 is 12.7. The molecule has 2 atom stereocenters. The van der Waals surface area contributed by atoms with E-state index < -0.39 is 0 Å². The molecule has 0 bridgehead atoms. The first-order chi connectivity index (χ1) is 12.1. The van der Waals surface area contributed by atoms with Gasteiger partial charge in [0, 0.05) is 18.2 Å². The van der Waals surface area contributed by atoms with E-state index in [0.29, 0.717) is 24.1 Å². The lowest BCUT2D eigenvalue weighted by molar-refractivity contribution is 0.105. The molecule has 0 saturated carbocycles. The molecule has 132 valence electrons. The van der Waals surface area contributed by atoms with E-state index in [0.717, 1.165) is 28.8 Å². The number of rotatable bonds is 4. The van der Waals surface area contributed by atoms with Crippen molar-refractivity contribution < 1.29 is 9.15 Å². The van der Waals surface area contributed by atoms with Crippen molar-refractivity contribution in [2.45, 2.75) is 32.0 Å². The zero-order chi connectivity index (χ0) is 17.6. The Morgan fingerprint density at radius 2 is 2.28 bits per heavy atom. The summed E-state index contributed by atoms with van der Waals surface area (Å²) in [7, 11) is 0. The van der Waals surface area contributed by atoms with Crippen molar-refractivity contribution in [2.24, 2.45) is 5.73 Å². The minimum atomic E-state index is -0.258. The lowest BCUT2D eigenvalue weighted by Gasteiger charge is -2.14. The van der Waals surface area contributed by atoms with Crippen LogP contribution >= 0.6 is 23.2 Å². The van der Waals surface area contributed by atoms with Gasteiger partial charge < -0.3 is 20.2 Å². The maximum Gasteiger partial charge on any atom is 0.243 e. The number of fused-ring (bicyclic) bond motifs is 1. The second-order valence-electron chi connectivity index (χ2n) is 6.00. The van der Waals surface area contributed by atoms with Crippen LogP contribution in [0.15, 0.2) is 22.8 Å². The van der Waals surface area contributed by atoms with E-state index in [2.05, 4.69) is 15.4 Å². The number of hydrogen-bond acceptors (Lipinski definition) is 6. The van der Waals surface area contributed by atoms with Crippen molar-refractivity contribution in [1.82, 2.24) is 14.6 Å². The van der Waals surface area contributed by atoms with Gasteiger partial charge in [-0.25, -0.2) is 4.52 Å². The van der Waals surface area contributed by atoms with Crippen molar-refractivity contribution in [3.63, 3.8) is 0 Å². The summed E-state index contributed by atoms with van der Waals surface area (Å²) in [5.41, 5.74) is 8.69. The van der Waals surface area contributed by atoms with E-state index in [1.165, 1.54) is 0 Å². The lowest BCUT2D eigenvalue weighted by atomic mass is 10.0. The Morgan fingerprint density at radius 1 is 1.44 bits per heavy atom. The van der Waals surface area contributed by atoms with Gasteiger partial charge in [0.15, 0.2) is 5.82 Å². The second-order valence-corrected chi connectivity index (χ2v) is 6.69. The van der Waals surface area contributed by atoms with Gasteiger partial charge in [-0.15, -0.1) is 5.10 Å². The standard InChI is InChI=1S/C16H17Cl2N5O2/c1-8-11(13-10(19)4-6-25-13)14(17)23-12(8)15(21-16(18)22-23)20-7-9-3-2-5-24-9/h2-3,5,10,13H,4,6-7,19H2,1H3,(H,20,21,22)/t10-,13-/m0/s1. The molecule has 1 saturated heterocycles. The average molecular weight is 382 g/mol. The Hall–Kier alpha value is -1.80. The molecule has 0 spiro atoms. The van der Waals surface area contributed by atoms with Crippen molar-refractivity contribution in [1.29, 1.82) is 0 Å². The fourth-order valence-corrected chi connectivity index (χ4v) is 3.75. The second kappa shape index (κ2) is 6.49. The summed E-state index contributed by atoms with van der Waals surface area (Å²) < 4.78 is 12.7. The summed E-state index contributed by atoms with van der Waals surface area (Å²) in [6, 6.07) is 3.61. The predicted molar refractivity (Wildman–Crippen MR) is 95.1 cm³/mol. The van der Waals surface area contributed by atoms with E-state index in [-0.39, 0.29) is 17.4 Å². The molecule has 0 aromatic carbocycles. The van der Waals surface area contributed by atoms with Gasteiger partial charge in [0.2, 0.25) is 5.28 Å². The fourth-order valence-electron chi connectivity index (χ4n) is 3.22. The normalized spacial score (nSPS) is 20.5. The largest absolute Gasteiger partial charge is 0.467 e. The van der Waals surface area contributed by atoms with Crippen LogP contribution in [0.3, 0.4) is 0 Å². The van der Waals surface area contributed by atoms with Crippen molar-refractivity contribution in [3.8, 4) is 0 Å². The molecule has 0 radical (unpaired) electrons. The summed E-state index contributed by atoms with van der Waals surface area (Å²) in [5.74, 6) is 1.36. The van der Waals surface area contributed by atoms with Crippen LogP contribution in [0.1, 0.15) is 29.4 Å². The number of anilines is 1. The number of halogens is 2. The lowest BCUT2D eigenvalue weighted by Crippen LogP contribution is -2.23. The van der Waals surface area contributed by atoms with Gasteiger partial charge in [0.1, 0.15) is 22.5 Å². The first-order valence-corrected chi connectivity index (χ1v) is 8.69. The molecule has 7 nitrogen and oxygen atoms in total. The number of nitrogens with one attached hydrogen (secondary N) is 1. The molecule has 3 aromatic rings. The fraction of sp³-hybridized carbons (Fsp3) is 0.375. The highest BCUT2D eigenvalue weighted by molar-refractivity contribution is 6.31. The third-order valence-electron chi connectivity index (χ3n) is 4.42. The van der Waals surface area contributed by atoms with Gasteiger partial charge in [-0.2, -0.15) is 4.98 Å². The van der Waals surface area contributed by atoms with Crippen LogP contribution in [0.2, 0.25) is 10.4 Å². The topological polar surface area (TPSA) is 90.6 Å². The van der Waals surface area contributed by atoms with Gasteiger partial charge >= 0.3 is 0 Å². The van der Waals surface area contributed by atoms with Gasteiger partial charge in [0.25, 0.3) is 0 Å². The number of hydrogen-bond donors (Lipinski definition) is 2. The monoisotopic (exact) mass is 381 g/mol. The molecular weight excluding hydrogens is 365 g/mol. The molecule has 4 heterocycles. The third-order valence-corrected chi connectivity index (χ3v) is 4.95. The maximum atomic E-state index is 6.58. The first-order valence-electron chi connectivity index (χ1n) is 7.94. The number of nitrogens with two attached hydrogens (primary N) is 1. The van der Waals surface area contributed by atoms with E-state index in [9.17, 15) is 0 Å². The van der Waals surface area contributed by atoms with Gasteiger partial charge in [0.05, 0.1) is 12.8 Å². The summed E-state index contributed by atoms with van der Waals surface area (Å²) in [6.45, 7) is 3.04. The number of nitrogens with zero attached hydrogens (tertiary/aromatic N) is 3. The quantitative estimate of drug-likeness (QED) is 0.719. The molecule has 1 aliphatic rings. The predicted octanol–water partition coefficient (Wildman–Crippen LogP) is 3.34. The molecule has 1 fully saturated rings. The Morgan fingerprint density at radius 3 is 2.96 bits per heavy atom. The van der Waals surface area contributed by atoms with Crippen molar-refractivity contribution >= 4 is 34.5 Å². The van der Waals surface area contributed by atoms with Gasteiger partial charge in [-0.05, 0) is 42.6 Å². The third kappa shape index (κ3) is 2.87. The Bertz CT molecular complexity index is 909. The van der Waals surface area contributed by atoms with Crippen molar-refractivity contribution in [3.05, 3.63) is 45.7 Å². The number of furan rings is 1. The van der Waals surface area contributed by atoms with E-state index in [4.69, 9.17) is 38.1 Å². The highest BCUT2D eigenvalue weighted by Gasteiger charge is 2.33. The molecule has 3 N–H and O–H groups in total. The molecule has 1 aliphatic heterocycles. The number of aromatic nitrogens is 3. The zero-order valence-electron chi connectivity index (χ0n) is 13.5. The Kier molecular flexibility index (Phi) is 4.33. The molecule has 9 heteroatoms. The highest BCUT2D eigenvalue weighted by atomic mass is 35.5. The van der Waals surface area contributed by atoms with E-state index in [1.54, 1.807) is 10.8 Å². The minimum Gasteiger partial charge on any atom is -0.467 e.